The molecule has 1 aliphatic heterocycles. The van der Waals surface area contributed by atoms with Crippen LogP contribution in [0.15, 0.2) is 4.99 Å². The number of amidine groups is 1. The summed E-state index contributed by atoms with van der Waals surface area (Å²) in [7, 11) is 0. The molecular formula is C15H28N2S. The first kappa shape index (κ1) is 14.2. The lowest BCUT2D eigenvalue weighted by atomic mass is 9.92. The molecule has 18 heavy (non-hydrogen) atoms. The van der Waals surface area contributed by atoms with E-state index >= 15 is 0 Å². The Morgan fingerprint density at radius 3 is 2.67 bits per heavy atom. The standard InChI is InChI=1S/C15H28N2S/c1-5-11(6-2)13-10-16-14(18-13)17-12-7-8-15(3,4)9-12/h11-13H,5-10H2,1-4H3,(H,16,17). The van der Waals surface area contributed by atoms with Crippen LogP contribution in [0.4, 0.5) is 0 Å². The molecule has 1 fully saturated rings. The van der Waals surface area contributed by atoms with Gasteiger partial charge in [-0.3, -0.25) is 4.99 Å². The zero-order valence-electron chi connectivity index (χ0n) is 12.3. The molecule has 1 saturated carbocycles. The average Bonchev–Trinajstić information content (AvgIpc) is 2.88. The van der Waals surface area contributed by atoms with E-state index in [1.54, 1.807) is 0 Å². The van der Waals surface area contributed by atoms with Gasteiger partial charge in [0.2, 0.25) is 0 Å². The minimum absolute atomic E-state index is 0.524. The maximum atomic E-state index is 4.71. The van der Waals surface area contributed by atoms with Gasteiger partial charge >= 0.3 is 0 Å². The second-order valence-electron chi connectivity index (χ2n) is 6.63. The Balaban J connectivity index is 1.79. The molecule has 2 rings (SSSR count). The second-order valence-corrected chi connectivity index (χ2v) is 7.85. The summed E-state index contributed by atoms with van der Waals surface area (Å²) in [6.45, 7) is 10.4. The maximum absolute atomic E-state index is 4.71. The Labute approximate surface area is 116 Å². The number of thioether (sulfide) groups is 1. The molecule has 104 valence electrons. The minimum Gasteiger partial charge on any atom is -0.362 e. The normalized spacial score (nSPS) is 30.8. The third kappa shape index (κ3) is 3.43. The van der Waals surface area contributed by atoms with Gasteiger partial charge in [0.05, 0.1) is 6.54 Å². The Morgan fingerprint density at radius 1 is 1.39 bits per heavy atom. The molecule has 1 N–H and O–H groups in total. The van der Waals surface area contributed by atoms with Crippen LogP contribution in [-0.4, -0.2) is 23.0 Å². The molecule has 0 amide bonds. The summed E-state index contributed by atoms with van der Waals surface area (Å²) in [6.07, 6.45) is 6.52. The molecule has 3 heteroatoms. The predicted octanol–water partition coefficient (Wildman–Crippen LogP) is 4.06. The van der Waals surface area contributed by atoms with Crippen molar-refractivity contribution < 1.29 is 0 Å². The summed E-state index contributed by atoms with van der Waals surface area (Å²) in [6, 6.07) is 0.659. The van der Waals surface area contributed by atoms with E-state index in [-0.39, 0.29) is 0 Å². The first-order valence-corrected chi connectivity index (χ1v) is 8.39. The van der Waals surface area contributed by atoms with Crippen molar-refractivity contribution in [2.45, 2.75) is 71.1 Å². The fraction of sp³-hybridized carbons (Fsp3) is 0.933. The van der Waals surface area contributed by atoms with Crippen molar-refractivity contribution in [2.75, 3.05) is 6.54 Å². The fourth-order valence-electron chi connectivity index (χ4n) is 3.26. The summed E-state index contributed by atoms with van der Waals surface area (Å²) >= 11 is 1.99. The fourth-order valence-corrected chi connectivity index (χ4v) is 4.66. The molecule has 0 radical (unpaired) electrons. The predicted molar refractivity (Wildman–Crippen MR) is 82.3 cm³/mol. The van der Waals surface area contributed by atoms with Crippen LogP contribution < -0.4 is 5.32 Å². The number of hydrogen-bond acceptors (Lipinski definition) is 3. The summed E-state index contributed by atoms with van der Waals surface area (Å²) in [5.74, 6) is 0.832. The lowest BCUT2D eigenvalue weighted by Crippen LogP contribution is -2.31. The Kier molecular flexibility index (Phi) is 4.63. The van der Waals surface area contributed by atoms with Gasteiger partial charge in [-0.1, -0.05) is 52.3 Å². The number of rotatable bonds is 4. The van der Waals surface area contributed by atoms with Gasteiger partial charge in [0.15, 0.2) is 5.17 Å². The van der Waals surface area contributed by atoms with Gasteiger partial charge in [-0.2, -0.15) is 0 Å². The van der Waals surface area contributed by atoms with E-state index in [0.717, 1.165) is 17.7 Å². The van der Waals surface area contributed by atoms with E-state index in [9.17, 15) is 0 Å². The molecule has 0 spiro atoms. The van der Waals surface area contributed by atoms with E-state index in [1.807, 2.05) is 11.8 Å². The highest BCUT2D eigenvalue weighted by Gasteiger charge is 2.33. The van der Waals surface area contributed by atoms with Crippen molar-refractivity contribution in [3.05, 3.63) is 0 Å². The molecular weight excluding hydrogens is 240 g/mol. The van der Waals surface area contributed by atoms with Crippen LogP contribution in [0.2, 0.25) is 0 Å². The SMILES string of the molecule is CCC(CC)C1CN=C(NC2CCC(C)(C)C2)S1. The molecule has 0 aromatic heterocycles. The van der Waals surface area contributed by atoms with Crippen molar-refractivity contribution >= 4 is 16.9 Å². The monoisotopic (exact) mass is 268 g/mol. The van der Waals surface area contributed by atoms with E-state index < -0.39 is 0 Å². The first-order valence-electron chi connectivity index (χ1n) is 7.51. The van der Waals surface area contributed by atoms with Crippen molar-refractivity contribution in [2.24, 2.45) is 16.3 Å². The van der Waals surface area contributed by atoms with E-state index in [1.165, 1.54) is 37.3 Å². The third-order valence-corrected chi connectivity index (χ3v) is 5.86. The lowest BCUT2D eigenvalue weighted by Gasteiger charge is -2.20. The molecule has 0 aromatic rings. The van der Waals surface area contributed by atoms with Gasteiger partial charge in [0, 0.05) is 11.3 Å². The van der Waals surface area contributed by atoms with Crippen LogP contribution in [0, 0.1) is 11.3 Å². The maximum Gasteiger partial charge on any atom is 0.157 e. The van der Waals surface area contributed by atoms with E-state index in [2.05, 4.69) is 33.0 Å². The molecule has 0 aromatic carbocycles. The van der Waals surface area contributed by atoms with Gasteiger partial charge in [0.25, 0.3) is 0 Å². The summed E-state index contributed by atoms with van der Waals surface area (Å²) < 4.78 is 0. The van der Waals surface area contributed by atoms with E-state index in [0.29, 0.717) is 11.5 Å². The Morgan fingerprint density at radius 2 is 2.11 bits per heavy atom. The average molecular weight is 268 g/mol. The molecule has 0 saturated heterocycles. The van der Waals surface area contributed by atoms with Crippen LogP contribution >= 0.6 is 11.8 Å². The molecule has 1 aliphatic carbocycles. The van der Waals surface area contributed by atoms with Crippen LogP contribution in [0.25, 0.3) is 0 Å². The van der Waals surface area contributed by atoms with Gasteiger partial charge in [-0.15, -0.1) is 0 Å². The van der Waals surface area contributed by atoms with Crippen molar-refractivity contribution in [3.63, 3.8) is 0 Å². The second kappa shape index (κ2) is 5.85. The minimum atomic E-state index is 0.524. The largest absolute Gasteiger partial charge is 0.362 e. The molecule has 2 nitrogen and oxygen atoms in total. The van der Waals surface area contributed by atoms with Crippen molar-refractivity contribution in [1.29, 1.82) is 0 Å². The van der Waals surface area contributed by atoms with Crippen molar-refractivity contribution in [1.82, 2.24) is 5.32 Å². The molecule has 2 unspecified atom stereocenters. The molecule has 2 aliphatic rings. The highest BCUT2D eigenvalue weighted by molar-refractivity contribution is 8.14. The Hall–Kier alpha value is -0.180. The number of nitrogens with one attached hydrogen (secondary N) is 1. The number of aliphatic imine (C=N–C) groups is 1. The molecule has 0 bridgehead atoms. The van der Waals surface area contributed by atoms with Crippen LogP contribution in [0.5, 0.6) is 0 Å². The zero-order chi connectivity index (χ0) is 13.2. The Bertz CT molecular complexity index is 308. The van der Waals surface area contributed by atoms with Gasteiger partial charge < -0.3 is 5.32 Å². The summed E-state index contributed by atoms with van der Waals surface area (Å²) in [5, 5.41) is 5.62. The summed E-state index contributed by atoms with van der Waals surface area (Å²) in [4.78, 5) is 4.71. The molecule has 2 atom stereocenters. The third-order valence-electron chi connectivity index (χ3n) is 4.55. The summed E-state index contributed by atoms with van der Waals surface area (Å²) in [5.41, 5.74) is 0.524. The van der Waals surface area contributed by atoms with Crippen LogP contribution in [0.3, 0.4) is 0 Å². The molecule has 1 heterocycles. The highest BCUT2D eigenvalue weighted by Crippen LogP contribution is 2.38. The number of nitrogens with zero attached hydrogens (tertiary/aromatic N) is 1. The quantitative estimate of drug-likeness (QED) is 0.831. The van der Waals surface area contributed by atoms with Gasteiger partial charge in [0.1, 0.15) is 0 Å². The van der Waals surface area contributed by atoms with Gasteiger partial charge in [-0.25, -0.2) is 0 Å². The highest BCUT2D eigenvalue weighted by atomic mass is 32.2. The van der Waals surface area contributed by atoms with Crippen molar-refractivity contribution in [3.8, 4) is 0 Å². The van der Waals surface area contributed by atoms with Gasteiger partial charge in [-0.05, 0) is 30.6 Å². The zero-order valence-corrected chi connectivity index (χ0v) is 13.1. The van der Waals surface area contributed by atoms with Crippen LogP contribution in [0.1, 0.15) is 59.8 Å². The smallest absolute Gasteiger partial charge is 0.157 e. The number of hydrogen-bond donors (Lipinski definition) is 1. The van der Waals surface area contributed by atoms with E-state index in [4.69, 9.17) is 4.99 Å². The first-order chi connectivity index (χ1) is 8.54. The topological polar surface area (TPSA) is 24.4 Å². The lowest BCUT2D eigenvalue weighted by molar-refractivity contribution is 0.372. The van der Waals surface area contributed by atoms with Crippen LogP contribution in [-0.2, 0) is 0 Å².